The SMILES string of the molecule is Cc1cc(C2(C(=O)NC3CCCCC3)CC2)no1. The second-order valence-electron chi connectivity index (χ2n) is 5.71. The molecule has 2 fully saturated rings. The molecule has 2 aliphatic rings. The van der Waals surface area contributed by atoms with Crippen LogP contribution in [0.15, 0.2) is 10.6 Å². The van der Waals surface area contributed by atoms with Gasteiger partial charge in [0.15, 0.2) is 0 Å². The van der Waals surface area contributed by atoms with Crippen molar-refractivity contribution in [3.8, 4) is 0 Å². The molecule has 0 unspecified atom stereocenters. The van der Waals surface area contributed by atoms with E-state index >= 15 is 0 Å². The van der Waals surface area contributed by atoms with Crippen LogP contribution in [0.1, 0.15) is 56.4 Å². The van der Waals surface area contributed by atoms with Crippen molar-refractivity contribution in [3.05, 3.63) is 17.5 Å². The molecule has 1 aromatic rings. The van der Waals surface area contributed by atoms with Crippen LogP contribution >= 0.6 is 0 Å². The number of hydrogen-bond acceptors (Lipinski definition) is 3. The predicted molar refractivity (Wildman–Crippen MR) is 67.2 cm³/mol. The summed E-state index contributed by atoms with van der Waals surface area (Å²) in [4.78, 5) is 12.4. The number of aromatic nitrogens is 1. The minimum absolute atomic E-state index is 0.155. The van der Waals surface area contributed by atoms with Crippen molar-refractivity contribution in [1.82, 2.24) is 10.5 Å². The van der Waals surface area contributed by atoms with Crippen molar-refractivity contribution in [2.45, 2.75) is 63.3 Å². The van der Waals surface area contributed by atoms with Gasteiger partial charge in [0.05, 0.1) is 11.1 Å². The van der Waals surface area contributed by atoms with E-state index in [0.717, 1.165) is 37.1 Å². The summed E-state index contributed by atoms with van der Waals surface area (Å²) < 4.78 is 5.10. The Bertz CT molecular complexity index is 442. The van der Waals surface area contributed by atoms with Gasteiger partial charge in [0.2, 0.25) is 5.91 Å². The predicted octanol–water partition coefficient (Wildman–Crippen LogP) is 2.46. The summed E-state index contributed by atoms with van der Waals surface area (Å²) in [6.07, 6.45) is 7.83. The van der Waals surface area contributed by atoms with Crippen LogP contribution in [0.5, 0.6) is 0 Å². The van der Waals surface area contributed by atoms with Gasteiger partial charge in [0.25, 0.3) is 0 Å². The summed E-state index contributed by atoms with van der Waals surface area (Å²) in [7, 11) is 0. The van der Waals surface area contributed by atoms with Crippen molar-refractivity contribution in [2.24, 2.45) is 0 Å². The van der Waals surface area contributed by atoms with E-state index in [1.165, 1.54) is 19.3 Å². The molecule has 0 radical (unpaired) electrons. The molecule has 2 aliphatic carbocycles. The summed E-state index contributed by atoms with van der Waals surface area (Å²) in [6, 6.07) is 2.27. The van der Waals surface area contributed by atoms with Crippen LogP contribution in [-0.2, 0) is 10.2 Å². The first kappa shape index (κ1) is 11.8. The molecule has 18 heavy (non-hydrogen) atoms. The number of nitrogens with one attached hydrogen (secondary N) is 1. The molecule has 4 nitrogen and oxygen atoms in total. The highest BCUT2D eigenvalue weighted by molar-refractivity contribution is 5.90. The molecule has 98 valence electrons. The van der Waals surface area contributed by atoms with Crippen LogP contribution < -0.4 is 5.32 Å². The number of carbonyl (C=O) groups is 1. The molecule has 3 rings (SSSR count). The normalized spacial score (nSPS) is 22.7. The van der Waals surface area contributed by atoms with E-state index in [1.54, 1.807) is 0 Å². The summed E-state index contributed by atoms with van der Waals surface area (Å²) in [5, 5.41) is 7.24. The number of carbonyl (C=O) groups excluding carboxylic acids is 1. The Balaban J connectivity index is 1.68. The zero-order valence-corrected chi connectivity index (χ0v) is 10.9. The Kier molecular flexibility index (Phi) is 2.88. The molecular formula is C14H20N2O2. The lowest BCUT2D eigenvalue weighted by Gasteiger charge is -2.24. The number of hydrogen-bond donors (Lipinski definition) is 1. The molecule has 0 atom stereocenters. The number of nitrogens with zero attached hydrogens (tertiary/aromatic N) is 1. The lowest BCUT2D eigenvalue weighted by Crippen LogP contribution is -2.42. The van der Waals surface area contributed by atoms with E-state index in [-0.39, 0.29) is 11.3 Å². The summed E-state index contributed by atoms with van der Waals surface area (Å²) in [6.45, 7) is 1.87. The average Bonchev–Trinajstić information content (AvgIpc) is 3.08. The lowest BCUT2D eigenvalue weighted by atomic mass is 9.94. The molecule has 1 N–H and O–H groups in total. The largest absolute Gasteiger partial charge is 0.361 e. The Morgan fingerprint density at radius 1 is 1.39 bits per heavy atom. The van der Waals surface area contributed by atoms with E-state index in [9.17, 15) is 4.79 Å². The molecule has 1 aromatic heterocycles. The topological polar surface area (TPSA) is 55.1 Å². The third kappa shape index (κ3) is 2.04. The zero-order chi connectivity index (χ0) is 12.6. The fourth-order valence-corrected chi connectivity index (χ4v) is 2.89. The Morgan fingerprint density at radius 3 is 2.67 bits per heavy atom. The highest BCUT2D eigenvalue weighted by Crippen LogP contribution is 2.48. The summed E-state index contributed by atoms with van der Waals surface area (Å²) in [5.41, 5.74) is 0.433. The third-order valence-electron chi connectivity index (χ3n) is 4.24. The zero-order valence-electron chi connectivity index (χ0n) is 10.9. The maximum Gasteiger partial charge on any atom is 0.232 e. The van der Waals surface area contributed by atoms with Gasteiger partial charge in [-0.15, -0.1) is 0 Å². The van der Waals surface area contributed by atoms with Crippen molar-refractivity contribution in [2.75, 3.05) is 0 Å². The van der Waals surface area contributed by atoms with Crippen molar-refractivity contribution in [1.29, 1.82) is 0 Å². The highest BCUT2D eigenvalue weighted by Gasteiger charge is 2.54. The van der Waals surface area contributed by atoms with Gasteiger partial charge in [-0.05, 0) is 32.6 Å². The van der Waals surface area contributed by atoms with E-state index in [2.05, 4.69) is 10.5 Å². The van der Waals surface area contributed by atoms with E-state index in [0.29, 0.717) is 6.04 Å². The van der Waals surface area contributed by atoms with Gasteiger partial charge in [-0.1, -0.05) is 24.4 Å². The second-order valence-corrected chi connectivity index (χ2v) is 5.71. The molecule has 0 aromatic carbocycles. The third-order valence-corrected chi connectivity index (χ3v) is 4.24. The first-order valence-corrected chi connectivity index (χ1v) is 6.95. The first-order chi connectivity index (χ1) is 8.71. The minimum Gasteiger partial charge on any atom is -0.361 e. The summed E-state index contributed by atoms with van der Waals surface area (Å²) >= 11 is 0. The maximum absolute atomic E-state index is 12.4. The van der Waals surface area contributed by atoms with Gasteiger partial charge < -0.3 is 9.84 Å². The fraction of sp³-hybridized carbons (Fsp3) is 0.714. The molecule has 0 saturated heterocycles. The first-order valence-electron chi connectivity index (χ1n) is 6.95. The fourth-order valence-electron chi connectivity index (χ4n) is 2.89. The van der Waals surface area contributed by atoms with Gasteiger partial charge in [-0.2, -0.15) is 0 Å². The molecule has 0 bridgehead atoms. The molecule has 2 saturated carbocycles. The second kappa shape index (κ2) is 4.41. The molecule has 0 spiro atoms. The maximum atomic E-state index is 12.4. The number of aryl methyl sites for hydroxylation is 1. The van der Waals surface area contributed by atoms with Crippen molar-refractivity contribution >= 4 is 5.91 Å². The average molecular weight is 248 g/mol. The van der Waals surface area contributed by atoms with Crippen LogP contribution in [0.2, 0.25) is 0 Å². The Labute approximate surface area is 107 Å². The van der Waals surface area contributed by atoms with E-state index in [1.807, 2.05) is 13.0 Å². The highest BCUT2D eigenvalue weighted by atomic mass is 16.5. The molecule has 1 amide bonds. The van der Waals surface area contributed by atoms with Crippen molar-refractivity contribution < 1.29 is 9.32 Å². The van der Waals surface area contributed by atoms with E-state index < -0.39 is 0 Å². The van der Waals surface area contributed by atoms with Crippen LogP contribution in [0, 0.1) is 6.92 Å². The standard InChI is InChI=1S/C14H20N2O2/c1-10-9-12(16-18-10)14(7-8-14)13(17)15-11-5-3-2-4-6-11/h9,11H,2-8H2,1H3,(H,15,17). The number of rotatable bonds is 3. The van der Waals surface area contributed by atoms with Crippen LogP contribution in [-0.4, -0.2) is 17.1 Å². The van der Waals surface area contributed by atoms with Gasteiger partial charge in [-0.25, -0.2) is 0 Å². The minimum atomic E-state index is -0.380. The van der Waals surface area contributed by atoms with Crippen LogP contribution in [0.4, 0.5) is 0 Å². The monoisotopic (exact) mass is 248 g/mol. The quantitative estimate of drug-likeness (QED) is 0.894. The van der Waals surface area contributed by atoms with Crippen LogP contribution in [0.25, 0.3) is 0 Å². The van der Waals surface area contributed by atoms with Gasteiger partial charge >= 0.3 is 0 Å². The Morgan fingerprint density at radius 2 is 2.11 bits per heavy atom. The summed E-state index contributed by atoms with van der Waals surface area (Å²) in [5.74, 6) is 0.935. The van der Waals surface area contributed by atoms with Crippen molar-refractivity contribution in [3.63, 3.8) is 0 Å². The molecular weight excluding hydrogens is 228 g/mol. The molecule has 4 heteroatoms. The molecule has 0 aliphatic heterocycles. The number of amides is 1. The van der Waals surface area contributed by atoms with Gasteiger partial charge in [-0.3, -0.25) is 4.79 Å². The smallest absolute Gasteiger partial charge is 0.232 e. The lowest BCUT2D eigenvalue weighted by molar-refractivity contribution is -0.124. The molecule has 1 heterocycles. The van der Waals surface area contributed by atoms with E-state index in [4.69, 9.17) is 4.52 Å². The Hall–Kier alpha value is -1.32. The van der Waals surface area contributed by atoms with Gasteiger partial charge in [0.1, 0.15) is 5.76 Å². The van der Waals surface area contributed by atoms with Gasteiger partial charge in [0, 0.05) is 12.1 Å². The van der Waals surface area contributed by atoms with Crippen LogP contribution in [0.3, 0.4) is 0 Å².